The van der Waals surface area contributed by atoms with E-state index in [9.17, 15) is 0 Å². The summed E-state index contributed by atoms with van der Waals surface area (Å²) in [5.74, 6) is 3.01. The molecule has 0 aliphatic carbocycles. The summed E-state index contributed by atoms with van der Waals surface area (Å²) >= 11 is 0. The smallest absolute Gasteiger partial charge is 0.213 e. The number of benzene rings is 1. The highest BCUT2D eigenvalue weighted by molar-refractivity contribution is 14.0. The maximum atomic E-state index is 5.84. The molecule has 2 aromatic rings. The molecule has 2 N–H and O–H groups in total. The van der Waals surface area contributed by atoms with Gasteiger partial charge in [0.1, 0.15) is 18.1 Å². The van der Waals surface area contributed by atoms with Crippen LogP contribution in [-0.4, -0.2) is 38.3 Å². The third kappa shape index (κ3) is 8.22. The Labute approximate surface area is 190 Å². The number of guanidine groups is 1. The van der Waals surface area contributed by atoms with Gasteiger partial charge in [0, 0.05) is 31.7 Å². The highest BCUT2D eigenvalue weighted by Gasteiger charge is 2.19. The van der Waals surface area contributed by atoms with Gasteiger partial charge in [0.15, 0.2) is 5.96 Å². The van der Waals surface area contributed by atoms with Gasteiger partial charge in [-0.15, -0.1) is 24.0 Å². The van der Waals surface area contributed by atoms with Crippen molar-refractivity contribution in [1.29, 1.82) is 0 Å². The van der Waals surface area contributed by atoms with Gasteiger partial charge in [0.05, 0.1) is 19.3 Å². The Morgan fingerprint density at radius 1 is 1.17 bits per heavy atom. The number of oxazole rings is 1. The molecule has 7 nitrogen and oxygen atoms in total. The first kappa shape index (κ1) is 25.2. The van der Waals surface area contributed by atoms with Gasteiger partial charge in [-0.2, -0.15) is 0 Å². The third-order valence-electron chi connectivity index (χ3n) is 4.14. The molecule has 29 heavy (non-hydrogen) atoms. The lowest BCUT2D eigenvalue weighted by atomic mass is 9.94. The number of ether oxygens (including phenoxy) is 2. The second kappa shape index (κ2) is 12.0. The average Bonchev–Trinajstić information content (AvgIpc) is 3.13. The maximum absolute atomic E-state index is 5.84. The topological polar surface area (TPSA) is 80.9 Å². The molecular weight excluding hydrogens is 483 g/mol. The van der Waals surface area contributed by atoms with E-state index in [-0.39, 0.29) is 29.4 Å². The molecule has 1 aromatic heterocycles. The molecule has 0 aliphatic heterocycles. The predicted molar refractivity (Wildman–Crippen MR) is 126 cm³/mol. The summed E-state index contributed by atoms with van der Waals surface area (Å²) in [6.45, 7) is 10.4. The minimum Gasteiger partial charge on any atom is -0.491 e. The maximum Gasteiger partial charge on any atom is 0.213 e. The van der Waals surface area contributed by atoms with Crippen molar-refractivity contribution in [2.45, 2.75) is 46.2 Å². The summed E-state index contributed by atoms with van der Waals surface area (Å²) in [7, 11) is 3.40. The lowest BCUT2D eigenvalue weighted by molar-refractivity contribution is 0.145. The summed E-state index contributed by atoms with van der Waals surface area (Å²) in [5, 5.41) is 6.53. The third-order valence-corrected chi connectivity index (χ3v) is 4.14. The number of nitrogens with one attached hydrogen (secondary N) is 2. The first-order valence-electron chi connectivity index (χ1n) is 9.44. The van der Waals surface area contributed by atoms with E-state index in [1.807, 2.05) is 13.0 Å². The normalized spacial score (nSPS) is 11.7. The quantitative estimate of drug-likeness (QED) is 0.241. The van der Waals surface area contributed by atoms with Gasteiger partial charge in [-0.1, -0.05) is 32.9 Å². The molecule has 0 radical (unpaired) electrons. The Kier molecular flexibility index (Phi) is 10.5. The van der Waals surface area contributed by atoms with E-state index in [0.29, 0.717) is 38.2 Å². The van der Waals surface area contributed by atoms with E-state index in [4.69, 9.17) is 13.9 Å². The molecule has 0 atom stereocenters. The monoisotopic (exact) mass is 516 g/mol. The van der Waals surface area contributed by atoms with E-state index in [2.05, 4.69) is 53.5 Å². The molecule has 162 valence electrons. The van der Waals surface area contributed by atoms with Gasteiger partial charge in [-0.3, -0.25) is 4.99 Å². The van der Waals surface area contributed by atoms with Crippen LogP contribution in [0.4, 0.5) is 0 Å². The van der Waals surface area contributed by atoms with Crippen molar-refractivity contribution >= 4 is 29.9 Å². The van der Waals surface area contributed by atoms with Crippen LogP contribution >= 0.6 is 24.0 Å². The molecule has 8 heteroatoms. The molecule has 0 saturated carbocycles. The predicted octanol–water partition coefficient (Wildman–Crippen LogP) is 3.79. The van der Waals surface area contributed by atoms with Gasteiger partial charge >= 0.3 is 0 Å². The van der Waals surface area contributed by atoms with Crippen LogP contribution in [0.2, 0.25) is 0 Å². The summed E-state index contributed by atoms with van der Waals surface area (Å²) in [6, 6.07) is 6.16. The number of halogens is 1. The van der Waals surface area contributed by atoms with E-state index in [1.54, 1.807) is 20.4 Å². The van der Waals surface area contributed by atoms with Gasteiger partial charge in [0.2, 0.25) is 5.89 Å². The Balaban J connectivity index is 0.00000420. The van der Waals surface area contributed by atoms with Crippen molar-refractivity contribution in [1.82, 2.24) is 15.6 Å². The van der Waals surface area contributed by atoms with Crippen LogP contribution in [0.1, 0.15) is 43.5 Å². The SMILES string of the molecule is CN=C(NCc1ncc(C(C)(C)C)o1)NCc1ccc(C)cc1OCCOC.I. The Morgan fingerprint density at radius 2 is 1.90 bits per heavy atom. The van der Waals surface area contributed by atoms with Crippen molar-refractivity contribution < 1.29 is 13.9 Å². The zero-order chi connectivity index (χ0) is 20.6. The van der Waals surface area contributed by atoms with Gasteiger partial charge in [-0.25, -0.2) is 4.98 Å². The number of aliphatic imine (C=N–C) groups is 1. The number of rotatable bonds is 8. The summed E-state index contributed by atoms with van der Waals surface area (Å²) in [6.07, 6.45) is 1.78. The highest BCUT2D eigenvalue weighted by Crippen LogP contribution is 2.22. The van der Waals surface area contributed by atoms with E-state index < -0.39 is 0 Å². The fourth-order valence-corrected chi connectivity index (χ4v) is 2.47. The van der Waals surface area contributed by atoms with E-state index in [1.165, 1.54) is 0 Å². The molecule has 0 amide bonds. The average molecular weight is 516 g/mol. The van der Waals surface area contributed by atoms with Crippen LogP contribution in [0, 0.1) is 6.92 Å². The largest absolute Gasteiger partial charge is 0.491 e. The van der Waals surface area contributed by atoms with Crippen molar-refractivity contribution in [2.75, 3.05) is 27.4 Å². The summed E-state index contributed by atoms with van der Waals surface area (Å²) in [4.78, 5) is 8.59. The summed E-state index contributed by atoms with van der Waals surface area (Å²) in [5.41, 5.74) is 2.14. The van der Waals surface area contributed by atoms with Crippen molar-refractivity contribution in [3.8, 4) is 5.75 Å². The van der Waals surface area contributed by atoms with Gasteiger partial charge < -0.3 is 24.5 Å². The molecule has 2 rings (SSSR count). The molecule has 0 aliphatic rings. The van der Waals surface area contributed by atoms with Crippen LogP contribution in [0.25, 0.3) is 0 Å². The second-order valence-electron chi connectivity index (χ2n) is 7.60. The minimum atomic E-state index is -0.0597. The number of nitrogens with zero attached hydrogens (tertiary/aromatic N) is 2. The van der Waals surface area contributed by atoms with Gasteiger partial charge in [-0.05, 0) is 18.6 Å². The number of hydrogen-bond donors (Lipinski definition) is 2. The number of aromatic nitrogens is 1. The van der Waals surface area contributed by atoms with E-state index in [0.717, 1.165) is 22.6 Å². The van der Waals surface area contributed by atoms with Crippen molar-refractivity contribution in [3.05, 3.63) is 47.2 Å². The van der Waals surface area contributed by atoms with Crippen LogP contribution in [0.15, 0.2) is 33.8 Å². The molecule has 0 spiro atoms. The second-order valence-corrected chi connectivity index (χ2v) is 7.60. The van der Waals surface area contributed by atoms with Crippen molar-refractivity contribution in [2.24, 2.45) is 4.99 Å². The molecule has 0 unspecified atom stereocenters. The zero-order valence-electron chi connectivity index (χ0n) is 18.2. The molecular formula is C21H33IN4O3. The van der Waals surface area contributed by atoms with Crippen LogP contribution in [0.3, 0.4) is 0 Å². The highest BCUT2D eigenvalue weighted by atomic mass is 127. The Bertz CT molecular complexity index is 784. The van der Waals surface area contributed by atoms with Crippen LogP contribution < -0.4 is 15.4 Å². The van der Waals surface area contributed by atoms with Crippen LogP contribution in [0.5, 0.6) is 5.75 Å². The fraction of sp³-hybridized carbons (Fsp3) is 0.524. The lowest BCUT2D eigenvalue weighted by Gasteiger charge is -2.15. The Morgan fingerprint density at radius 3 is 2.52 bits per heavy atom. The lowest BCUT2D eigenvalue weighted by Crippen LogP contribution is -2.36. The summed E-state index contributed by atoms with van der Waals surface area (Å²) < 4.78 is 16.7. The fourth-order valence-electron chi connectivity index (χ4n) is 2.47. The Hall–Kier alpha value is -1.81. The first-order valence-corrected chi connectivity index (χ1v) is 9.44. The minimum absolute atomic E-state index is 0. The molecule has 0 saturated heterocycles. The molecule has 1 aromatic carbocycles. The molecule has 0 fully saturated rings. The molecule has 0 bridgehead atoms. The van der Waals surface area contributed by atoms with E-state index >= 15 is 0 Å². The zero-order valence-corrected chi connectivity index (χ0v) is 20.5. The van der Waals surface area contributed by atoms with Gasteiger partial charge in [0.25, 0.3) is 0 Å². The first-order chi connectivity index (χ1) is 13.3. The standard InChI is InChI=1S/C21H32N4O3.HI/c1-15-7-8-16(17(11-15)27-10-9-26-6)12-24-20(22-5)25-14-19-23-13-18(28-19)21(2,3)4;/h7-8,11,13H,9-10,12,14H2,1-6H3,(H2,22,24,25);1H. The molecule has 1 heterocycles. The number of methoxy groups -OCH3 is 1. The number of aryl methyl sites for hydroxylation is 1. The van der Waals surface area contributed by atoms with Crippen LogP contribution in [-0.2, 0) is 23.2 Å². The van der Waals surface area contributed by atoms with Crippen molar-refractivity contribution in [3.63, 3.8) is 0 Å². The number of hydrogen-bond acceptors (Lipinski definition) is 5.